The summed E-state index contributed by atoms with van der Waals surface area (Å²) < 4.78 is 28.2. The van der Waals surface area contributed by atoms with Gasteiger partial charge in [0.1, 0.15) is 0 Å². The molecule has 0 atom stereocenters. The molecule has 0 unspecified atom stereocenters. The predicted octanol–water partition coefficient (Wildman–Crippen LogP) is 2.69. The Balaban J connectivity index is 2.34. The van der Waals surface area contributed by atoms with E-state index >= 15 is 0 Å². The normalized spacial score (nSPS) is 11.2. The first-order valence-corrected chi connectivity index (χ1v) is 10.4. The highest BCUT2D eigenvalue weighted by Crippen LogP contribution is 2.25. The number of rotatable bonds is 3. The second-order valence-electron chi connectivity index (χ2n) is 4.15. The summed E-state index contributed by atoms with van der Waals surface area (Å²) in [6.45, 7) is 0. The van der Waals surface area contributed by atoms with Crippen LogP contribution in [0.4, 0.5) is 0 Å². The second-order valence-corrected chi connectivity index (χ2v) is 9.49. The molecule has 2 rings (SSSR count). The lowest BCUT2D eigenvalue weighted by molar-refractivity contribution is -0.270. The van der Waals surface area contributed by atoms with Gasteiger partial charge in [0.15, 0.2) is 0 Å². The Hall–Kier alpha value is -0.150. The maximum absolute atomic E-state index is 12.2. The van der Waals surface area contributed by atoms with E-state index in [-0.39, 0.29) is 10.5 Å². The van der Waals surface area contributed by atoms with Gasteiger partial charge in [-0.1, -0.05) is 5.75 Å². The highest BCUT2D eigenvalue weighted by atomic mass is 127. The smallest absolute Gasteiger partial charge is 0.264 e. The Bertz CT molecular complexity index is 835. The summed E-state index contributed by atoms with van der Waals surface area (Å²) in [4.78, 5) is 12.1. The van der Waals surface area contributed by atoms with Crippen LogP contribution in [-0.2, 0) is 10.0 Å². The molecule has 0 aliphatic heterocycles. The zero-order chi connectivity index (χ0) is 16.5. The van der Waals surface area contributed by atoms with Crippen LogP contribution in [-0.4, -0.2) is 14.3 Å². The van der Waals surface area contributed by atoms with Crippen molar-refractivity contribution in [2.24, 2.45) is 0 Å². The average Bonchev–Trinajstić information content (AvgIpc) is 2.42. The number of benzene rings is 2. The van der Waals surface area contributed by atoms with Crippen molar-refractivity contribution in [2.45, 2.75) is 4.90 Å². The molecular formula is C13H7I3NO4S-. The molecule has 22 heavy (non-hydrogen) atoms. The fraction of sp³-hybridized carbons (Fsp3) is 0. The lowest BCUT2D eigenvalue weighted by atomic mass is 10.2. The first-order valence-electron chi connectivity index (χ1n) is 5.69. The van der Waals surface area contributed by atoms with Crippen molar-refractivity contribution in [3.8, 4) is 5.75 Å². The molecule has 0 bridgehead atoms. The molecule has 1 amide bonds. The van der Waals surface area contributed by atoms with Gasteiger partial charge in [-0.25, -0.2) is 13.1 Å². The molecule has 2 aromatic carbocycles. The molecule has 116 valence electrons. The van der Waals surface area contributed by atoms with Crippen molar-refractivity contribution in [1.82, 2.24) is 4.72 Å². The quantitative estimate of drug-likeness (QED) is 0.517. The van der Waals surface area contributed by atoms with Gasteiger partial charge in [0.25, 0.3) is 15.9 Å². The number of sulfonamides is 1. The summed E-state index contributed by atoms with van der Waals surface area (Å²) in [6.07, 6.45) is 0. The monoisotopic (exact) mass is 654 g/mol. The minimum absolute atomic E-state index is 0.0333. The fourth-order valence-electron chi connectivity index (χ4n) is 1.58. The maximum Gasteiger partial charge on any atom is 0.264 e. The van der Waals surface area contributed by atoms with Crippen LogP contribution in [0.15, 0.2) is 41.3 Å². The van der Waals surface area contributed by atoms with E-state index in [0.29, 0.717) is 7.14 Å². The standard InChI is InChI=1S/C13H8I3NO4S/c14-7-1-3-9(4-2-7)22(20,21)17-13(19)10-5-8(15)6-11(16)12(10)18/h1-6,18H,(H,17,19)/p-1. The van der Waals surface area contributed by atoms with Crippen LogP contribution in [0.5, 0.6) is 5.75 Å². The number of amides is 1. The van der Waals surface area contributed by atoms with Crippen LogP contribution in [0.2, 0.25) is 0 Å². The number of nitrogens with one attached hydrogen (secondary N) is 1. The molecular weight excluding hydrogens is 647 g/mol. The maximum atomic E-state index is 12.2. The summed E-state index contributed by atoms with van der Waals surface area (Å²) in [5.74, 6) is -1.42. The van der Waals surface area contributed by atoms with E-state index in [4.69, 9.17) is 0 Å². The van der Waals surface area contributed by atoms with Crippen molar-refractivity contribution < 1.29 is 18.3 Å². The van der Waals surface area contributed by atoms with Crippen molar-refractivity contribution in [3.63, 3.8) is 0 Å². The van der Waals surface area contributed by atoms with Crippen LogP contribution in [0, 0.1) is 10.7 Å². The third-order valence-corrected chi connectivity index (χ3v) is 6.09. The van der Waals surface area contributed by atoms with Crippen LogP contribution in [0.25, 0.3) is 0 Å². The van der Waals surface area contributed by atoms with Crippen LogP contribution in [0.3, 0.4) is 0 Å². The minimum atomic E-state index is -4.01. The molecule has 0 saturated heterocycles. The van der Waals surface area contributed by atoms with Gasteiger partial charge in [-0.3, -0.25) is 4.79 Å². The summed E-state index contributed by atoms with van der Waals surface area (Å²) in [5.41, 5.74) is -0.189. The van der Waals surface area contributed by atoms with E-state index < -0.39 is 21.7 Å². The molecule has 0 saturated carbocycles. The summed E-state index contributed by atoms with van der Waals surface area (Å²) in [5, 5.41) is 12.0. The average molecular weight is 654 g/mol. The van der Waals surface area contributed by atoms with E-state index in [0.717, 1.165) is 3.57 Å². The minimum Gasteiger partial charge on any atom is -0.871 e. The van der Waals surface area contributed by atoms with E-state index in [1.54, 1.807) is 18.2 Å². The van der Waals surface area contributed by atoms with Gasteiger partial charge >= 0.3 is 0 Å². The number of carbonyl (C=O) groups excluding carboxylic acids is 1. The van der Waals surface area contributed by atoms with E-state index in [1.807, 2.05) is 72.5 Å². The third kappa shape index (κ3) is 4.23. The summed E-state index contributed by atoms with van der Waals surface area (Å²) >= 11 is 5.82. The lowest BCUT2D eigenvalue weighted by Crippen LogP contribution is -2.31. The fourth-order valence-corrected chi connectivity index (χ4v) is 4.75. The Morgan fingerprint density at radius 3 is 2.18 bits per heavy atom. The predicted molar refractivity (Wildman–Crippen MR) is 105 cm³/mol. The molecule has 0 radical (unpaired) electrons. The molecule has 2 aromatic rings. The van der Waals surface area contributed by atoms with Crippen LogP contribution in [0.1, 0.15) is 10.4 Å². The van der Waals surface area contributed by atoms with Gasteiger partial charge < -0.3 is 5.11 Å². The van der Waals surface area contributed by atoms with Crippen molar-refractivity contribution in [1.29, 1.82) is 0 Å². The van der Waals surface area contributed by atoms with E-state index in [9.17, 15) is 18.3 Å². The highest BCUT2D eigenvalue weighted by molar-refractivity contribution is 14.1. The number of hydrogen-bond acceptors (Lipinski definition) is 4. The molecule has 5 nitrogen and oxygen atoms in total. The Morgan fingerprint density at radius 2 is 1.59 bits per heavy atom. The first-order chi connectivity index (χ1) is 10.2. The summed E-state index contributed by atoms with van der Waals surface area (Å²) in [7, 11) is -4.01. The van der Waals surface area contributed by atoms with Crippen molar-refractivity contribution in [2.75, 3.05) is 0 Å². The topological polar surface area (TPSA) is 86.3 Å². The van der Waals surface area contributed by atoms with Gasteiger partial charge in [-0.15, -0.1) is 0 Å². The molecule has 0 aromatic heterocycles. The lowest BCUT2D eigenvalue weighted by Gasteiger charge is -2.16. The van der Waals surface area contributed by atoms with Crippen molar-refractivity contribution in [3.05, 3.63) is 52.7 Å². The van der Waals surface area contributed by atoms with Crippen molar-refractivity contribution >= 4 is 83.7 Å². The number of hydrogen-bond donors (Lipinski definition) is 1. The van der Waals surface area contributed by atoms with E-state index in [1.165, 1.54) is 18.2 Å². The Morgan fingerprint density at radius 1 is 1.00 bits per heavy atom. The van der Waals surface area contributed by atoms with Gasteiger partial charge in [0.2, 0.25) is 0 Å². The highest BCUT2D eigenvalue weighted by Gasteiger charge is 2.19. The molecule has 0 spiro atoms. The number of carbonyl (C=O) groups is 1. The number of halogens is 3. The largest absolute Gasteiger partial charge is 0.871 e. The van der Waals surface area contributed by atoms with Crippen LogP contribution < -0.4 is 9.83 Å². The summed E-state index contributed by atoms with van der Waals surface area (Å²) in [6, 6.07) is 9.01. The van der Waals surface area contributed by atoms with Gasteiger partial charge in [0.05, 0.1) is 4.90 Å². The molecule has 0 aliphatic rings. The molecule has 9 heteroatoms. The Labute approximate surface area is 168 Å². The van der Waals surface area contributed by atoms with Crippen LogP contribution >= 0.6 is 67.8 Å². The zero-order valence-electron chi connectivity index (χ0n) is 10.6. The Kier molecular flexibility index (Phi) is 5.93. The zero-order valence-corrected chi connectivity index (χ0v) is 17.9. The molecule has 0 fully saturated rings. The van der Waals surface area contributed by atoms with Gasteiger partial charge in [0, 0.05) is 16.3 Å². The van der Waals surface area contributed by atoms with E-state index in [2.05, 4.69) is 0 Å². The second kappa shape index (κ2) is 7.17. The van der Waals surface area contributed by atoms with Gasteiger partial charge in [-0.2, -0.15) is 0 Å². The van der Waals surface area contributed by atoms with Gasteiger partial charge in [-0.05, 0) is 104 Å². The molecule has 0 heterocycles. The molecule has 1 N–H and O–H groups in total. The molecule has 0 aliphatic carbocycles. The third-order valence-electron chi connectivity index (χ3n) is 2.60. The SMILES string of the molecule is O=C(NS(=O)(=O)c1ccc(I)cc1)c1cc(I)cc(I)c1[O-]. The first kappa shape index (κ1) is 18.2.